The van der Waals surface area contributed by atoms with Crippen molar-refractivity contribution in [3.63, 3.8) is 0 Å². The summed E-state index contributed by atoms with van der Waals surface area (Å²) in [7, 11) is 0. The lowest BCUT2D eigenvalue weighted by Crippen LogP contribution is -2.56. The molecule has 0 radical (unpaired) electrons. The van der Waals surface area contributed by atoms with Gasteiger partial charge in [-0.1, -0.05) is 19.1 Å². The monoisotopic (exact) mass is 623 g/mol. The third kappa shape index (κ3) is 6.57. The molecule has 3 aliphatic heterocycles. The van der Waals surface area contributed by atoms with E-state index in [1.165, 1.54) is 0 Å². The summed E-state index contributed by atoms with van der Waals surface area (Å²) in [5, 5.41) is 9.35. The van der Waals surface area contributed by atoms with E-state index in [1.807, 2.05) is 37.3 Å². The van der Waals surface area contributed by atoms with E-state index in [2.05, 4.69) is 31.9 Å². The van der Waals surface area contributed by atoms with E-state index in [0.717, 1.165) is 50.1 Å². The molecule has 2 bridgehead atoms. The van der Waals surface area contributed by atoms with Crippen molar-refractivity contribution < 1.29 is 29.0 Å². The van der Waals surface area contributed by atoms with Gasteiger partial charge in [0.15, 0.2) is 0 Å². The molecule has 1 N–H and O–H groups in total. The highest BCUT2D eigenvalue weighted by atomic mass is 16.6. The van der Waals surface area contributed by atoms with Crippen LogP contribution >= 0.6 is 0 Å². The maximum absolute atomic E-state index is 14.8. The van der Waals surface area contributed by atoms with Crippen LogP contribution in [0, 0.1) is 11.8 Å². The summed E-state index contributed by atoms with van der Waals surface area (Å²) in [6.07, 6.45) is 9.61. The van der Waals surface area contributed by atoms with Crippen molar-refractivity contribution in [2.24, 2.45) is 11.8 Å². The van der Waals surface area contributed by atoms with E-state index in [1.54, 1.807) is 15.9 Å². The minimum Gasteiger partial charge on any atom is -0.465 e. The van der Waals surface area contributed by atoms with Crippen LogP contribution < -0.4 is 9.80 Å². The summed E-state index contributed by atoms with van der Waals surface area (Å²) >= 11 is 0. The van der Waals surface area contributed by atoms with Crippen LogP contribution in [0.15, 0.2) is 49.6 Å². The highest BCUT2D eigenvalue weighted by Crippen LogP contribution is 2.64. The molecule has 9 nitrogen and oxygen atoms in total. The van der Waals surface area contributed by atoms with Gasteiger partial charge in [-0.05, 0) is 95.9 Å². The molecule has 1 spiro atoms. The SMILES string of the molecule is C=CCCCCOC(=O)[C@@H]1[C@H]2C(=O)N(CCCCCO)C(C(=O)N(CC=C)c3ccc(N(CC)CC)cc3)C23CC[C@@]1(CC)O3. The summed E-state index contributed by atoms with van der Waals surface area (Å²) in [5.41, 5.74) is -0.164. The Hall–Kier alpha value is -3.17. The number of nitrogens with zero attached hydrogens (tertiary/aromatic N) is 3. The number of aliphatic hydroxyl groups excluding tert-OH is 1. The molecule has 3 saturated heterocycles. The molecule has 248 valence electrons. The molecular weight excluding hydrogens is 570 g/mol. The van der Waals surface area contributed by atoms with Crippen molar-refractivity contribution in [1.82, 2.24) is 4.90 Å². The molecule has 0 aromatic heterocycles. The number of benzene rings is 1. The highest BCUT2D eigenvalue weighted by molar-refractivity contribution is 6.05. The average Bonchev–Trinajstić information content (AvgIpc) is 3.66. The quantitative estimate of drug-likeness (QED) is 0.127. The number of carbonyl (C=O) groups excluding carboxylic acids is 3. The predicted molar refractivity (Wildman–Crippen MR) is 177 cm³/mol. The molecule has 1 aromatic rings. The zero-order valence-electron chi connectivity index (χ0n) is 27.5. The topological polar surface area (TPSA) is 99.6 Å². The van der Waals surface area contributed by atoms with Crippen molar-refractivity contribution in [3.05, 3.63) is 49.6 Å². The second-order valence-corrected chi connectivity index (χ2v) is 12.5. The van der Waals surface area contributed by atoms with Crippen LogP contribution in [0.3, 0.4) is 0 Å². The number of unbranched alkanes of at least 4 members (excludes halogenated alkanes) is 4. The average molecular weight is 624 g/mol. The molecule has 0 saturated carbocycles. The number of carbonyl (C=O) groups is 3. The zero-order chi connectivity index (χ0) is 32.6. The summed E-state index contributed by atoms with van der Waals surface area (Å²) in [4.78, 5) is 48.6. The van der Waals surface area contributed by atoms with Crippen molar-refractivity contribution >= 4 is 29.2 Å². The summed E-state index contributed by atoms with van der Waals surface area (Å²) in [6, 6.07) is 7.04. The van der Waals surface area contributed by atoms with Gasteiger partial charge in [-0.2, -0.15) is 0 Å². The first-order valence-electron chi connectivity index (χ1n) is 16.9. The number of hydrogen-bond acceptors (Lipinski definition) is 7. The third-order valence-corrected chi connectivity index (χ3v) is 10.1. The van der Waals surface area contributed by atoms with Gasteiger partial charge in [-0.3, -0.25) is 14.4 Å². The normalized spacial score (nSPS) is 26.5. The number of hydrogen-bond donors (Lipinski definition) is 1. The summed E-state index contributed by atoms with van der Waals surface area (Å²) in [6.45, 7) is 16.6. The number of esters is 1. The van der Waals surface area contributed by atoms with Gasteiger partial charge >= 0.3 is 5.97 Å². The molecule has 45 heavy (non-hydrogen) atoms. The predicted octanol–water partition coefficient (Wildman–Crippen LogP) is 5.27. The van der Waals surface area contributed by atoms with Gasteiger partial charge in [0.25, 0.3) is 5.91 Å². The van der Waals surface area contributed by atoms with Crippen molar-refractivity contribution in [3.8, 4) is 0 Å². The minimum atomic E-state index is -1.12. The lowest BCUT2D eigenvalue weighted by atomic mass is 9.65. The van der Waals surface area contributed by atoms with Gasteiger partial charge in [0.2, 0.25) is 5.91 Å². The summed E-state index contributed by atoms with van der Waals surface area (Å²) in [5.74, 6) is -2.39. The fourth-order valence-corrected chi connectivity index (χ4v) is 7.85. The van der Waals surface area contributed by atoms with Crippen LogP contribution in [0.4, 0.5) is 11.4 Å². The van der Waals surface area contributed by atoms with E-state index in [0.29, 0.717) is 38.6 Å². The van der Waals surface area contributed by atoms with Crippen LogP contribution in [-0.2, 0) is 23.9 Å². The van der Waals surface area contributed by atoms with E-state index in [9.17, 15) is 19.5 Å². The Balaban J connectivity index is 1.70. The molecule has 0 aliphatic carbocycles. The maximum Gasteiger partial charge on any atom is 0.312 e. The fourth-order valence-electron chi connectivity index (χ4n) is 7.85. The molecule has 5 atom stereocenters. The number of ether oxygens (including phenoxy) is 2. The third-order valence-electron chi connectivity index (χ3n) is 10.1. The maximum atomic E-state index is 14.8. The lowest BCUT2D eigenvalue weighted by Gasteiger charge is -2.37. The van der Waals surface area contributed by atoms with Crippen LogP contribution in [0.1, 0.15) is 78.6 Å². The number of aliphatic hydroxyl groups is 1. The Bertz CT molecular complexity index is 1200. The Morgan fingerprint density at radius 1 is 1.02 bits per heavy atom. The van der Waals surface area contributed by atoms with E-state index < -0.39 is 35.0 Å². The van der Waals surface area contributed by atoms with Gasteiger partial charge in [0, 0.05) is 44.2 Å². The Labute approximate surface area is 269 Å². The number of amides is 2. The van der Waals surface area contributed by atoms with Crippen LogP contribution in [0.5, 0.6) is 0 Å². The van der Waals surface area contributed by atoms with Crippen LogP contribution in [0.2, 0.25) is 0 Å². The number of likely N-dealkylation sites (tertiary alicyclic amines) is 1. The smallest absolute Gasteiger partial charge is 0.312 e. The second-order valence-electron chi connectivity index (χ2n) is 12.5. The van der Waals surface area contributed by atoms with Gasteiger partial charge in [-0.25, -0.2) is 0 Å². The van der Waals surface area contributed by atoms with Gasteiger partial charge < -0.3 is 29.3 Å². The lowest BCUT2D eigenvalue weighted by molar-refractivity contribution is -0.161. The molecule has 3 heterocycles. The number of anilines is 2. The van der Waals surface area contributed by atoms with Gasteiger partial charge in [0.05, 0.1) is 18.1 Å². The molecule has 9 heteroatoms. The first kappa shape index (κ1) is 34.7. The molecule has 4 rings (SSSR count). The van der Waals surface area contributed by atoms with Crippen LogP contribution in [-0.4, -0.2) is 84.4 Å². The molecule has 3 aliphatic rings. The zero-order valence-corrected chi connectivity index (χ0v) is 27.5. The van der Waals surface area contributed by atoms with Crippen molar-refractivity contribution in [2.45, 2.75) is 95.8 Å². The summed E-state index contributed by atoms with van der Waals surface area (Å²) < 4.78 is 12.7. The molecular formula is C36H53N3O6. The molecule has 3 fully saturated rings. The van der Waals surface area contributed by atoms with E-state index >= 15 is 0 Å². The van der Waals surface area contributed by atoms with Gasteiger partial charge in [-0.15, -0.1) is 13.2 Å². The van der Waals surface area contributed by atoms with Crippen molar-refractivity contribution in [2.75, 3.05) is 49.2 Å². The standard InChI is InChI=1S/C36H53N3O6/c1-6-11-12-16-26-44-34(43)30-29-32(41)39(24-14-13-15-25-40)31(36(29)22-21-35(30,8-3)45-36)33(42)38(23-7-2)28-19-17-27(18-20-28)37(9-4)10-5/h6-7,17-20,29-31,40H,1-2,8-16,21-26H2,3-5H3/t29-,30-,31?,35+,36?/m0/s1. The van der Waals surface area contributed by atoms with Crippen molar-refractivity contribution in [1.29, 1.82) is 0 Å². The number of fused-ring (bicyclic) bond motifs is 1. The Morgan fingerprint density at radius 3 is 2.36 bits per heavy atom. The highest BCUT2D eigenvalue weighted by Gasteiger charge is 2.79. The van der Waals surface area contributed by atoms with Gasteiger partial charge in [0.1, 0.15) is 17.6 Å². The number of allylic oxidation sites excluding steroid dienone is 1. The largest absolute Gasteiger partial charge is 0.465 e. The Kier molecular flexibility index (Phi) is 11.9. The van der Waals surface area contributed by atoms with Crippen LogP contribution in [0.25, 0.3) is 0 Å². The van der Waals surface area contributed by atoms with E-state index in [-0.39, 0.29) is 31.6 Å². The molecule has 1 aromatic carbocycles. The number of rotatable bonds is 19. The first-order chi connectivity index (χ1) is 21.8. The fraction of sp³-hybridized carbons (Fsp3) is 0.639. The molecule has 2 amide bonds. The second kappa shape index (κ2) is 15.4. The molecule has 2 unspecified atom stereocenters. The first-order valence-corrected chi connectivity index (χ1v) is 16.9. The minimum absolute atomic E-state index is 0.0717. The Morgan fingerprint density at radius 2 is 1.73 bits per heavy atom. The van der Waals surface area contributed by atoms with E-state index in [4.69, 9.17) is 9.47 Å².